The zero-order valence-electron chi connectivity index (χ0n) is 3.03. The normalized spacial score (nSPS) is 11.1. The molecule has 0 aliphatic carbocycles. The van der Waals surface area contributed by atoms with E-state index in [2.05, 4.69) is 19.8 Å². The van der Waals surface area contributed by atoms with Crippen LogP contribution in [0.1, 0.15) is 0 Å². The van der Waals surface area contributed by atoms with Gasteiger partial charge in [-0.2, -0.15) is 4.67 Å². The van der Waals surface area contributed by atoms with Crippen LogP contribution in [0.2, 0.25) is 0 Å². The van der Waals surface area contributed by atoms with E-state index in [1.165, 1.54) is 0 Å². The summed E-state index contributed by atoms with van der Waals surface area (Å²) in [5.74, 6) is 0. The SMILES string of the molecule is OOOOOPO. The molecule has 0 bridgehead atoms. The lowest BCUT2D eigenvalue weighted by molar-refractivity contribution is -0.684. The summed E-state index contributed by atoms with van der Waals surface area (Å²) in [7, 11) is -0.871. The van der Waals surface area contributed by atoms with Crippen LogP contribution in [0.4, 0.5) is 0 Å². The Labute approximate surface area is 40.2 Å². The Morgan fingerprint density at radius 3 is 2.43 bits per heavy atom. The molecule has 0 aromatic carbocycles. The van der Waals surface area contributed by atoms with Gasteiger partial charge in [-0.15, -0.1) is 0 Å². The van der Waals surface area contributed by atoms with Crippen molar-refractivity contribution in [3.63, 3.8) is 0 Å². The Balaban J connectivity index is 2.45. The lowest BCUT2D eigenvalue weighted by Gasteiger charge is -1.89. The average Bonchev–Trinajstić information content (AvgIpc) is 1.69. The first kappa shape index (κ1) is 7.19. The van der Waals surface area contributed by atoms with E-state index in [9.17, 15) is 0 Å². The summed E-state index contributed by atoms with van der Waals surface area (Å²) < 4.78 is 3.65. The van der Waals surface area contributed by atoms with Crippen molar-refractivity contribution < 1.29 is 29.9 Å². The first-order chi connectivity index (χ1) is 3.41. The van der Waals surface area contributed by atoms with Gasteiger partial charge in [-0.05, 0) is 15.1 Å². The van der Waals surface area contributed by atoms with Crippen LogP contribution in [0.5, 0.6) is 0 Å². The molecule has 0 saturated carbocycles. The van der Waals surface area contributed by atoms with Gasteiger partial charge >= 0.3 is 0 Å². The molecule has 0 aliphatic rings. The van der Waals surface area contributed by atoms with Gasteiger partial charge in [0.25, 0.3) is 0 Å². The number of rotatable bonds is 4. The average molecular weight is 130 g/mol. The van der Waals surface area contributed by atoms with Crippen LogP contribution in [0, 0.1) is 0 Å². The number of hydrogen-bond acceptors (Lipinski definition) is 6. The standard InChI is InChI=1S/H3O6P/c1-3-4-5-6-7-2/h1-2,7H. The molecule has 0 saturated heterocycles. The van der Waals surface area contributed by atoms with Gasteiger partial charge in [0.15, 0.2) is 9.03 Å². The van der Waals surface area contributed by atoms with Crippen molar-refractivity contribution in [3.05, 3.63) is 0 Å². The summed E-state index contributed by atoms with van der Waals surface area (Å²) in [6.07, 6.45) is 0. The van der Waals surface area contributed by atoms with Crippen molar-refractivity contribution in [2.45, 2.75) is 0 Å². The van der Waals surface area contributed by atoms with E-state index < -0.39 is 9.03 Å². The van der Waals surface area contributed by atoms with E-state index in [1.54, 1.807) is 0 Å². The largest absolute Gasteiger partial charge is 0.350 e. The van der Waals surface area contributed by atoms with Gasteiger partial charge in [0.2, 0.25) is 0 Å². The second kappa shape index (κ2) is 6.19. The zero-order chi connectivity index (χ0) is 5.54. The van der Waals surface area contributed by atoms with Crippen molar-refractivity contribution in [1.29, 1.82) is 0 Å². The van der Waals surface area contributed by atoms with Gasteiger partial charge in [0.05, 0.1) is 0 Å². The molecule has 0 radical (unpaired) electrons. The van der Waals surface area contributed by atoms with Crippen LogP contribution in [0.25, 0.3) is 0 Å². The molecule has 7 heavy (non-hydrogen) atoms. The molecular formula is H3O6P. The van der Waals surface area contributed by atoms with Crippen LogP contribution < -0.4 is 0 Å². The molecule has 0 fully saturated rings. The third-order valence-corrected chi connectivity index (χ3v) is 0.272. The summed E-state index contributed by atoms with van der Waals surface area (Å²) in [6.45, 7) is 0. The maximum Gasteiger partial charge on any atom is 0.195 e. The van der Waals surface area contributed by atoms with Gasteiger partial charge in [-0.1, -0.05) is 0 Å². The van der Waals surface area contributed by atoms with Crippen molar-refractivity contribution in [1.82, 2.24) is 0 Å². The topological polar surface area (TPSA) is 77.4 Å². The maximum absolute atomic E-state index is 7.76. The second-order valence-corrected chi connectivity index (χ2v) is 0.734. The minimum absolute atomic E-state index is 0.871. The quantitative estimate of drug-likeness (QED) is 0.237. The van der Waals surface area contributed by atoms with E-state index in [4.69, 9.17) is 10.2 Å². The third kappa shape index (κ3) is 6.19. The van der Waals surface area contributed by atoms with Gasteiger partial charge in [-0.25, -0.2) is 5.26 Å². The maximum atomic E-state index is 7.76. The molecule has 7 heteroatoms. The predicted octanol–water partition coefficient (Wildman–Crippen LogP) is -0.228. The molecule has 0 aliphatic heterocycles. The lowest BCUT2D eigenvalue weighted by atomic mass is 14.3. The van der Waals surface area contributed by atoms with E-state index in [1.807, 2.05) is 0 Å². The first-order valence-corrected chi connectivity index (χ1v) is 1.97. The zero-order valence-corrected chi connectivity index (χ0v) is 4.03. The van der Waals surface area contributed by atoms with E-state index in [-0.39, 0.29) is 0 Å². The molecule has 2 N–H and O–H groups in total. The van der Waals surface area contributed by atoms with Gasteiger partial charge < -0.3 is 4.89 Å². The molecule has 44 valence electrons. The summed E-state index contributed by atoms with van der Waals surface area (Å²) in [4.78, 5) is 7.76. The molecule has 1 unspecified atom stereocenters. The lowest BCUT2D eigenvalue weighted by Crippen LogP contribution is -1.87. The van der Waals surface area contributed by atoms with Crippen LogP contribution in [-0.4, -0.2) is 10.2 Å². The fourth-order valence-corrected chi connectivity index (χ4v) is 0.0997. The highest BCUT2D eigenvalue weighted by Crippen LogP contribution is 2.02. The molecule has 0 rings (SSSR count). The molecule has 0 spiro atoms. The molecule has 6 nitrogen and oxygen atoms in total. The summed E-state index contributed by atoms with van der Waals surface area (Å²) in [5.41, 5.74) is 0. The first-order valence-electron chi connectivity index (χ1n) is 1.11. The molecular weight excluding hydrogens is 127 g/mol. The Bertz CT molecular complexity index is 23.4. The van der Waals surface area contributed by atoms with Crippen molar-refractivity contribution in [2.24, 2.45) is 0 Å². The monoisotopic (exact) mass is 130 g/mol. The highest BCUT2D eigenvalue weighted by Gasteiger charge is 1.81. The van der Waals surface area contributed by atoms with E-state index in [0.29, 0.717) is 0 Å². The van der Waals surface area contributed by atoms with E-state index >= 15 is 0 Å². The molecule has 0 heterocycles. The molecule has 0 amide bonds. The number of hydrogen-bond donors (Lipinski definition) is 2. The minimum atomic E-state index is -0.871. The molecule has 0 aromatic heterocycles. The van der Waals surface area contributed by atoms with Crippen LogP contribution in [0.3, 0.4) is 0 Å². The Morgan fingerprint density at radius 2 is 2.00 bits per heavy atom. The van der Waals surface area contributed by atoms with Crippen molar-refractivity contribution in [2.75, 3.05) is 0 Å². The summed E-state index contributed by atoms with van der Waals surface area (Å²) in [6, 6.07) is 0. The van der Waals surface area contributed by atoms with Gasteiger partial charge in [-0.3, -0.25) is 0 Å². The molecule has 0 aromatic rings. The highest BCUT2D eigenvalue weighted by atomic mass is 31.1. The van der Waals surface area contributed by atoms with Gasteiger partial charge in [0.1, 0.15) is 0 Å². The van der Waals surface area contributed by atoms with Gasteiger partial charge in [0, 0.05) is 0 Å². The third-order valence-electron chi connectivity index (χ3n) is 0.129. The Kier molecular flexibility index (Phi) is 6.36. The highest BCUT2D eigenvalue weighted by molar-refractivity contribution is 7.24. The summed E-state index contributed by atoms with van der Waals surface area (Å²) >= 11 is 0. The van der Waals surface area contributed by atoms with Crippen LogP contribution in [-0.2, 0) is 19.8 Å². The van der Waals surface area contributed by atoms with E-state index in [0.717, 1.165) is 0 Å². The van der Waals surface area contributed by atoms with Crippen LogP contribution in [0.15, 0.2) is 0 Å². The Morgan fingerprint density at radius 1 is 1.29 bits per heavy atom. The smallest absolute Gasteiger partial charge is 0.195 e. The Hall–Kier alpha value is 0.190. The fraction of sp³-hybridized carbons (Fsp3) is 0. The predicted molar refractivity (Wildman–Crippen MR) is 17.5 cm³/mol. The minimum Gasteiger partial charge on any atom is -0.350 e. The molecule has 1 atom stereocenters. The van der Waals surface area contributed by atoms with Crippen LogP contribution >= 0.6 is 9.03 Å². The fourth-order valence-electron chi connectivity index (χ4n) is 0.0415. The van der Waals surface area contributed by atoms with Crippen molar-refractivity contribution in [3.8, 4) is 0 Å². The summed E-state index contributed by atoms with van der Waals surface area (Å²) in [5, 5.41) is 16.9. The van der Waals surface area contributed by atoms with Crippen molar-refractivity contribution >= 4 is 9.03 Å². The second-order valence-electron chi connectivity index (χ2n) is 0.385.